The van der Waals surface area contributed by atoms with E-state index in [2.05, 4.69) is 10.0 Å². The molecule has 0 radical (unpaired) electrons. The third kappa shape index (κ3) is 5.97. The molecule has 1 amide bonds. The Morgan fingerprint density at radius 3 is 2.38 bits per heavy atom. The molecule has 0 bridgehead atoms. The van der Waals surface area contributed by atoms with Crippen molar-refractivity contribution in [3.05, 3.63) is 89.4 Å². The highest BCUT2D eigenvalue weighted by Crippen LogP contribution is 2.17. The predicted molar refractivity (Wildman–Crippen MR) is 113 cm³/mol. The third-order valence-electron chi connectivity index (χ3n) is 3.90. The molecule has 3 aromatic rings. The molecule has 0 aromatic heterocycles. The Hall–Kier alpha value is -3.03. The molecule has 8 heteroatoms. The van der Waals surface area contributed by atoms with E-state index in [0.29, 0.717) is 28.6 Å². The zero-order valence-electron chi connectivity index (χ0n) is 15.3. The fourth-order valence-corrected chi connectivity index (χ4v) is 3.70. The highest BCUT2D eigenvalue weighted by atomic mass is 35.5. The topological polar surface area (TPSA) is 84.5 Å². The third-order valence-corrected chi connectivity index (χ3v) is 5.55. The van der Waals surface area contributed by atoms with Gasteiger partial charge in [0, 0.05) is 16.3 Å². The first-order valence-electron chi connectivity index (χ1n) is 8.78. The number of hydrogen-bond donors (Lipinski definition) is 2. The van der Waals surface area contributed by atoms with E-state index in [9.17, 15) is 13.2 Å². The van der Waals surface area contributed by atoms with Crippen molar-refractivity contribution in [2.75, 3.05) is 17.9 Å². The summed E-state index contributed by atoms with van der Waals surface area (Å²) in [5.74, 6) is 0.325. The van der Waals surface area contributed by atoms with Crippen molar-refractivity contribution < 1.29 is 17.9 Å². The molecule has 0 saturated carbocycles. The monoisotopic (exact) mass is 430 g/mol. The minimum absolute atomic E-state index is 0.147. The molecule has 6 nitrogen and oxygen atoms in total. The lowest BCUT2D eigenvalue weighted by Gasteiger charge is -2.10. The molecule has 0 saturated heterocycles. The van der Waals surface area contributed by atoms with Crippen molar-refractivity contribution in [3.63, 3.8) is 0 Å². The van der Waals surface area contributed by atoms with Gasteiger partial charge in [-0.25, -0.2) is 8.42 Å². The number of carbonyl (C=O) groups is 1. The number of nitrogens with one attached hydrogen (secondary N) is 2. The van der Waals surface area contributed by atoms with E-state index < -0.39 is 10.0 Å². The van der Waals surface area contributed by atoms with Crippen LogP contribution in [-0.2, 0) is 10.0 Å². The first-order valence-corrected chi connectivity index (χ1v) is 10.6. The highest BCUT2D eigenvalue weighted by molar-refractivity contribution is 7.92. The van der Waals surface area contributed by atoms with Gasteiger partial charge in [-0.2, -0.15) is 0 Å². The summed E-state index contributed by atoms with van der Waals surface area (Å²) in [5.41, 5.74) is 0.642. The van der Waals surface area contributed by atoms with Gasteiger partial charge in [0.15, 0.2) is 0 Å². The van der Waals surface area contributed by atoms with Gasteiger partial charge in [0.1, 0.15) is 12.4 Å². The molecular weight excluding hydrogens is 412 g/mol. The van der Waals surface area contributed by atoms with Gasteiger partial charge in [-0.15, -0.1) is 0 Å². The summed E-state index contributed by atoms with van der Waals surface area (Å²) in [6.45, 7) is 0.579. The van der Waals surface area contributed by atoms with Crippen LogP contribution in [0.4, 0.5) is 5.69 Å². The predicted octanol–water partition coefficient (Wildman–Crippen LogP) is 3.95. The fourth-order valence-electron chi connectivity index (χ4n) is 2.50. The molecule has 0 unspecified atom stereocenters. The molecule has 0 heterocycles. The van der Waals surface area contributed by atoms with Crippen molar-refractivity contribution >= 4 is 33.2 Å². The average molecular weight is 431 g/mol. The number of amides is 1. The van der Waals surface area contributed by atoms with Crippen LogP contribution in [0.15, 0.2) is 83.8 Å². The van der Waals surface area contributed by atoms with Crippen molar-refractivity contribution in [1.29, 1.82) is 0 Å². The standard InChI is InChI=1S/C21H19ClN2O4S/c22-17-9-11-19(12-10-17)28-14-13-23-21(25)16-5-4-6-18(15-16)24-29(26,27)20-7-2-1-3-8-20/h1-12,15,24H,13-14H2,(H,23,25). The van der Waals surface area contributed by atoms with E-state index in [4.69, 9.17) is 16.3 Å². The van der Waals surface area contributed by atoms with Crippen LogP contribution in [0.5, 0.6) is 5.75 Å². The zero-order valence-corrected chi connectivity index (χ0v) is 16.9. The maximum atomic E-state index is 12.4. The van der Waals surface area contributed by atoms with E-state index in [-0.39, 0.29) is 17.4 Å². The molecule has 3 aromatic carbocycles. The summed E-state index contributed by atoms with van der Waals surface area (Å²) in [5, 5.41) is 3.35. The van der Waals surface area contributed by atoms with Crippen LogP contribution < -0.4 is 14.8 Å². The summed E-state index contributed by atoms with van der Waals surface area (Å²) < 4.78 is 32.8. The Bertz CT molecular complexity index is 1070. The van der Waals surface area contributed by atoms with Gasteiger partial charge in [-0.3, -0.25) is 9.52 Å². The fraction of sp³-hybridized carbons (Fsp3) is 0.0952. The number of sulfonamides is 1. The SMILES string of the molecule is O=C(NCCOc1ccc(Cl)cc1)c1cccc(NS(=O)(=O)c2ccccc2)c1. The molecule has 0 spiro atoms. The van der Waals surface area contributed by atoms with Gasteiger partial charge in [-0.1, -0.05) is 35.9 Å². The molecule has 29 heavy (non-hydrogen) atoms. The van der Waals surface area contributed by atoms with Gasteiger partial charge in [0.25, 0.3) is 15.9 Å². The molecule has 2 N–H and O–H groups in total. The molecule has 0 aliphatic carbocycles. The largest absolute Gasteiger partial charge is 0.492 e. The zero-order chi connectivity index (χ0) is 20.7. The Morgan fingerprint density at radius 1 is 0.931 bits per heavy atom. The highest BCUT2D eigenvalue weighted by Gasteiger charge is 2.14. The second-order valence-corrected chi connectivity index (χ2v) is 8.18. The lowest BCUT2D eigenvalue weighted by atomic mass is 10.2. The number of rotatable bonds is 8. The minimum Gasteiger partial charge on any atom is -0.492 e. The average Bonchev–Trinajstić information content (AvgIpc) is 2.73. The Balaban J connectivity index is 1.56. The molecular formula is C21H19ClN2O4S. The van der Waals surface area contributed by atoms with Gasteiger partial charge >= 0.3 is 0 Å². The minimum atomic E-state index is -3.72. The Labute approximate surface area is 174 Å². The molecule has 0 fully saturated rings. The first-order chi connectivity index (χ1) is 13.9. The van der Waals surface area contributed by atoms with Crippen LogP contribution >= 0.6 is 11.6 Å². The van der Waals surface area contributed by atoms with Crippen LogP contribution in [0.3, 0.4) is 0 Å². The maximum absolute atomic E-state index is 12.4. The van der Waals surface area contributed by atoms with Crippen LogP contribution in [-0.4, -0.2) is 27.5 Å². The first kappa shape index (κ1) is 20.7. The van der Waals surface area contributed by atoms with Crippen molar-refractivity contribution in [2.45, 2.75) is 4.90 Å². The van der Waals surface area contributed by atoms with Crippen molar-refractivity contribution in [2.24, 2.45) is 0 Å². The van der Waals surface area contributed by atoms with Crippen LogP contribution in [0.2, 0.25) is 5.02 Å². The van der Waals surface area contributed by atoms with Gasteiger partial charge < -0.3 is 10.1 Å². The molecule has 0 atom stereocenters. The lowest BCUT2D eigenvalue weighted by molar-refractivity contribution is 0.0947. The summed E-state index contributed by atoms with van der Waals surface area (Å²) in [6.07, 6.45) is 0. The number of anilines is 1. The van der Waals surface area contributed by atoms with Gasteiger partial charge in [0.2, 0.25) is 0 Å². The maximum Gasteiger partial charge on any atom is 0.261 e. The van der Waals surface area contributed by atoms with Crippen LogP contribution in [0, 0.1) is 0 Å². The van der Waals surface area contributed by atoms with E-state index in [1.54, 1.807) is 60.7 Å². The van der Waals surface area contributed by atoms with E-state index >= 15 is 0 Å². The molecule has 0 aliphatic heterocycles. The summed E-state index contributed by atoms with van der Waals surface area (Å²) in [7, 11) is -3.72. The Morgan fingerprint density at radius 2 is 1.66 bits per heavy atom. The Kier molecular flexibility index (Phi) is 6.74. The summed E-state index contributed by atoms with van der Waals surface area (Å²) in [6, 6.07) is 21.2. The normalized spacial score (nSPS) is 10.9. The van der Waals surface area contributed by atoms with Gasteiger partial charge in [-0.05, 0) is 54.6 Å². The van der Waals surface area contributed by atoms with Crippen molar-refractivity contribution in [3.8, 4) is 5.75 Å². The summed E-state index contributed by atoms with van der Waals surface area (Å²) in [4.78, 5) is 12.5. The number of benzene rings is 3. The van der Waals surface area contributed by atoms with Crippen LogP contribution in [0.25, 0.3) is 0 Å². The summed E-state index contributed by atoms with van der Waals surface area (Å²) >= 11 is 5.81. The van der Waals surface area contributed by atoms with E-state index in [1.165, 1.54) is 18.2 Å². The molecule has 3 rings (SSSR count). The number of hydrogen-bond acceptors (Lipinski definition) is 4. The molecule has 0 aliphatic rings. The number of halogens is 1. The smallest absolute Gasteiger partial charge is 0.261 e. The van der Waals surface area contributed by atoms with E-state index in [1.807, 2.05) is 0 Å². The quantitative estimate of drug-likeness (QED) is 0.530. The second kappa shape index (κ2) is 9.45. The molecule has 150 valence electrons. The van der Waals surface area contributed by atoms with Crippen molar-refractivity contribution in [1.82, 2.24) is 5.32 Å². The lowest BCUT2D eigenvalue weighted by Crippen LogP contribution is -2.28. The number of carbonyl (C=O) groups excluding carboxylic acids is 1. The van der Waals surface area contributed by atoms with Crippen LogP contribution in [0.1, 0.15) is 10.4 Å². The van der Waals surface area contributed by atoms with Gasteiger partial charge in [0.05, 0.1) is 11.4 Å². The van der Waals surface area contributed by atoms with E-state index in [0.717, 1.165) is 0 Å². The number of ether oxygens (including phenoxy) is 1. The second-order valence-electron chi connectivity index (χ2n) is 6.06.